The molecule has 0 aliphatic rings. The molecule has 0 amide bonds. The molecule has 94 valence electrons. The summed E-state index contributed by atoms with van der Waals surface area (Å²) >= 11 is 0. The first-order valence-corrected chi connectivity index (χ1v) is 6.51. The minimum absolute atomic E-state index is 0.275. The third-order valence-corrected chi connectivity index (χ3v) is 3.18. The summed E-state index contributed by atoms with van der Waals surface area (Å²) in [6, 6.07) is 15.1. The third-order valence-electron chi connectivity index (χ3n) is 3.18. The molecule has 18 heavy (non-hydrogen) atoms. The van der Waals surface area contributed by atoms with Crippen LogP contribution in [-0.2, 0) is 13.0 Å². The average Bonchev–Trinajstić information content (AvgIpc) is 2.46. The highest BCUT2D eigenvalue weighted by atomic mass is 14.9. The van der Waals surface area contributed by atoms with E-state index in [1.165, 1.54) is 11.1 Å². The standard InChI is InChI=1S/C16H20N2/c1-3-14-7-9-15(10-8-14)12-18-13(2)16-6-4-5-11-17-16/h4-11,13,18H,3,12H2,1-2H3/t13-/m1/s1. The largest absolute Gasteiger partial charge is 0.305 e. The molecule has 0 aliphatic carbocycles. The van der Waals surface area contributed by atoms with Gasteiger partial charge in [-0.3, -0.25) is 4.98 Å². The maximum absolute atomic E-state index is 4.36. The highest BCUT2D eigenvalue weighted by Gasteiger charge is 2.04. The van der Waals surface area contributed by atoms with Crippen LogP contribution in [0.4, 0.5) is 0 Å². The van der Waals surface area contributed by atoms with Crippen molar-refractivity contribution in [3.05, 3.63) is 65.5 Å². The number of benzene rings is 1. The SMILES string of the molecule is CCc1ccc(CN[C@H](C)c2ccccn2)cc1. The van der Waals surface area contributed by atoms with Crippen molar-refractivity contribution in [2.75, 3.05) is 0 Å². The molecule has 1 N–H and O–H groups in total. The van der Waals surface area contributed by atoms with Crippen LogP contribution in [-0.4, -0.2) is 4.98 Å². The monoisotopic (exact) mass is 240 g/mol. The molecule has 0 bridgehead atoms. The van der Waals surface area contributed by atoms with Crippen LogP contribution in [0.3, 0.4) is 0 Å². The molecule has 0 spiro atoms. The zero-order valence-corrected chi connectivity index (χ0v) is 11.1. The predicted molar refractivity (Wildman–Crippen MR) is 75.3 cm³/mol. The molecule has 2 aromatic rings. The summed E-state index contributed by atoms with van der Waals surface area (Å²) in [6.45, 7) is 5.20. The molecule has 1 aromatic heterocycles. The molecule has 0 saturated heterocycles. The van der Waals surface area contributed by atoms with Crippen LogP contribution >= 0.6 is 0 Å². The molecule has 2 heteroatoms. The summed E-state index contributed by atoms with van der Waals surface area (Å²) in [5.74, 6) is 0. The van der Waals surface area contributed by atoms with Gasteiger partial charge in [-0.05, 0) is 36.6 Å². The second-order valence-corrected chi connectivity index (χ2v) is 4.53. The van der Waals surface area contributed by atoms with Crippen molar-refractivity contribution < 1.29 is 0 Å². The Bertz CT molecular complexity index is 462. The Kier molecular flexibility index (Phi) is 4.48. The molecule has 1 aromatic carbocycles. The maximum atomic E-state index is 4.36. The summed E-state index contributed by atoms with van der Waals surface area (Å²) in [6.07, 6.45) is 2.93. The van der Waals surface area contributed by atoms with E-state index in [4.69, 9.17) is 0 Å². The Morgan fingerprint density at radius 2 is 1.78 bits per heavy atom. The van der Waals surface area contributed by atoms with Crippen molar-refractivity contribution in [2.45, 2.75) is 32.9 Å². The highest BCUT2D eigenvalue weighted by Crippen LogP contribution is 2.10. The fourth-order valence-electron chi connectivity index (χ4n) is 1.90. The molecule has 1 heterocycles. The van der Waals surface area contributed by atoms with Crippen LogP contribution in [0.15, 0.2) is 48.7 Å². The van der Waals surface area contributed by atoms with Crippen molar-refractivity contribution >= 4 is 0 Å². The zero-order valence-electron chi connectivity index (χ0n) is 11.1. The van der Waals surface area contributed by atoms with Crippen molar-refractivity contribution in [1.29, 1.82) is 0 Å². The van der Waals surface area contributed by atoms with Gasteiger partial charge in [0, 0.05) is 18.8 Å². The lowest BCUT2D eigenvalue weighted by Crippen LogP contribution is -2.18. The lowest BCUT2D eigenvalue weighted by Gasteiger charge is -2.13. The molecular formula is C16H20N2. The van der Waals surface area contributed by atoms with Gasteiger partial charge in [0.25, 0.3) is 0 Å². The Morgan fingerprint density at radius 1 is 1.06 bits per heavy atom. The van der Waals surface area contributed by atoms with Gasteiger partial charge in [0.1, 0.15) is 0 Å². The lowest BCUT2D eigenvalue weighted by molar-refractivity contribution is 0.561. The van der Waals surface area contributed by atoms with Crippen LogP contribution in [0, 0.1) is 0 Å². The van der Waals surface area contributed by atoms with Gasteiger partial charge in [0.05, 0.1) is 5.69 Å². The van der Waals surface area contributed by atoms with Crippen LogP contribution in [0.2, 0.25) is 0 Å². The minimum atomic E-state index is 0.275. The number of pyridine rings is 1. The number of hydrogen-bond acceptors (Lipinski definition) is 2. The van der Waals surface area contributed by atoms with Gasteiger partial charge >= 0.3 is 0 Å². The van der Waals surface area contributed by atoms with E-state index < -0.39 is 0 Å². The number of nitrogens with one attached hydrogen (secondary N) is 1. The van der Waals surface area contributed by atoms with E-state index in [0.29, 0.717) is 0 Å². The lowest BCUT2D eigenvalue weighted by atomic mass is 10.1. The first-order chi connectivity index (χ1) is 8.79. The van der Waals surface area contributed by atoms with Crippen LogP contribution in [0.25, 0.3) is 0 Å². The number of aromatic nitrogens is 1. The van der Waals surface area contributed by atoms with Gasteiger partial charge in [-0.15, -0.1) is 0 Å². The summed E-state index contributed by atoms with van der Waals surface area (Å²) in [5.41, 5.74) is 3.79. The Balaban J connectivity index is 1.91. The van der Waals surface area contributed by atoms with Crippen molar-refractivity contribution in [3.8, 4) is 0 Å². The van der Waals surface area contributed by atoms with Crippen LogP contribution < -0.4 is 5.32 Å². The van der Waals surface area contributed by atoms with Crippen LogP contribution in [0.1, 0.15) is 36.7 Å². The average molecular weight is 240 g/mol. The molecule has 1 atom stereocenters. The molecule has 0 fully saturated rings. The summed E-state index contributed by atoms with van der Waals surface area (Å²) < 4.78 is 0. The van der Waals surface area contributed by atoms with E-state index in [9.17, 15) is 0 Å². The summed E-state index contributed by atoms with van der Waals surface area (Å²) in [7, 11) is 0. The van der Waals surface area contributed by atoms with Crippen molar-refractivity contribution in [2.24, 2.45) is 0 Å². The number of aryl methyl sites for hydroxylation is 1. The van der Waals surface area contributed by atoms with E-state index in [-0.39, 0.29) is 6.04 Å². The summed E-state index contributed by atoms with van der Waals surface area (Å²) in [5, 5.41) is 3.49. The fraction of sp³-hybridized carbons (Fsp3) is 0.312. The molecule has 0 aliphatic heterocycles. The van der Waals surface area contributed by atoms with Crippen molar-refractivity contribution in [1.82, 2.24) is 10.3 Å². The third kappa shape index (κ3) is 3.41. The quantitative estimate of drug-likeness (QED) is 0.865. The normalized spacial score (nSPS) is 12.3. The van der Waals surface area contributed by atoms with E-state index in [2.05, 4.69) is 54.5 Å². The fourth-order valence-corrected chi connectivity index (χ4v) is 1.90. The Labute approximate surface area is 109 Å². The minimum Gasteiger partial charge on any atom is -0.305 e. The maximum Gasteiger partial charge on any atom is 0.0570 e. The molecule has 0 radical (unpaired) electrons. The molecule has 0 saturated carbocycles. The van der Waals surface area contributed by atoms with Crippen LogP contribution in [0.5, 0.6) is 0 Å². The van der Waals surface area contributed by atoms with Gasteiger partial charge in [-0.1, -0.05) is 37.3 Å². The number of rotatable bonds is 5. The van der Waals surface area contributed by atoms with E-state index >= 15 is 0 Å². The highest BCUT2D eigenvalue weighted by molar-refractivity contribution is 5.22. The zero-order chi connectivity index (χ0) is 12.8. The predicted octanol–water partition coefficient (Wildman–Crippen LogP) is 3.49. The van der Waals surface area contributed by atoms with E-state index in [0.717, 1.165) is 18.7 Å². The smallest absolute Gasteiger partial charge is 0.0570 e. The molecular weight excluding hydrogens is 220 g/mol. The van der Waals surface area contributed by atoms with Crippen molar-refractivity contribution in [3.63, 3.8) is 0 Å². The van der Waals surface area contributed by atoms with Gasteiger partial charge in [0.15, 0.2) is 0 Å². The number of nitrogens with zero attached hydrogens (tertiary/aromatic N) is 1. The second-order valence-electron chi connectivity index (χ2n) is 4.53. The van der Waals surface area contributed by atoms with Gasteiger partial charge < -0.3 is 5.32 Å². The molecule has 2 rings (SSSR count). The Morgan fingerprint density at radius 3 is 2.39 bits per heavy atom. The Hall–Kier alpha value is -1.67. The van der Waals surface area contributed by atoms with E-state index in [1.54, 1.807) is 0 Å². The topological polar surface area (TPSA) is 24.9 Å². The molecule has 0 unspecified atom stereocenters. The second kappa shape index (κ2) is 6.31. The molecule has 2 nitrogen and oxygen atoms in total. The van der Waals surface area contributed by atoms with Gasteiger partial charge in [-0.25, -0.2) is 0 Å². The van der Waals surface area contributed by atoms with Gasteiger partial charge in [-0.2, -0.15) is 0 Å². The summed E-state index contributed by atoms with van der Waals surface area (Å²) in [4.78, 5) is 4.36. The first kappa shape index (κ1) is 12.8. The number of hydrogen-bond donors (Lipinski definition) is 1. The first-order valence-electron chi connectivity index (χ1n) is 6.51. The van der Waals surface area contributed by atoms with Gasteiger partial charge in [0.2, 0.25) is 0 Å². The van der Waals surface area contributed by atoms with E-state index in [1.807, 2.05) is 18.3 Å².